The Labute approximate surface area is 335 Å². The first-order valence-corrected chi connectivity index (χ1v) is 22.2. The van der Waals surface area contributed by atoms with Crippen LogP contribution >= 0.6 is 11.3 Å². The molecule has 6 unspecified atom stereocenters. The van der Waals surface area contributed by atoms with Crippen LogP contribution in [-0.2, 0) is 16.2 Å². The fourth-order valence-corrected chi connectivity index (χ4v) is 15.6. The highest BCUT2D eigenvalue weighted by atomic mass is 32.1. The third-order valence-corrected chi connectivity index (χ3v) is 18.0. The quantitative estimate of drug-likeness (QED) is 0.174. The molecule has 1 nitrogen and oxygen atoms in total. The van der Waals surface area contributed by atoms with Gasteiger partial charge < -0.3 is 4.90 Å². The molecule has 6 aromatic carbocycles. The van der Waals surface area contributed by atoms with Crippen LogP contribution in [0.25, 0.3) is 42.4 Å². The molecule has 276 valence electrons. The second-order valence-electron chi connectivity index (χ2n) is 20.0. The molecule has 2 bridgehead atoms. The van der Waals surface area contributed by atoms with Gasteiger partial charge in [-0.1, -0.05) is 113 Å². The third-order valence-electron chi connectivity index (χ3n) is 16.8. The maximum Gasteiger partial charge on any atom is 0.0640 e. The molecule has 4 fully saturated rings. The van der Waals surface area contributed by atoms with Crippen molar-refractivity contribution in [3.8, 4) is 22.3 Å². The van der Waals surface area contributed by atoms with Gasteiger partial charge in [-0.15, -0.1) is 11.3 Å². The fraction of sp³-hybridized carbons (Fsp3) is 0.333. The zero-order valence-corrected chi connectivity index (χ0v) is 33.8. The van der Waals surface area contributed by atoms with Gasteiger partial charge in [-0.2, -0.15) is 0 Å². The molecular formula is C54H49NS. The molecule has 56 heavy (non-hydrogen) atoms. The summed E-state index contributed by atoms with van der Waals surface area (Å²) in [5.74, 6) is 3.63. The van der Waals surface area contributed by atoms with E-state index >= 15 is 0 Å². The lowest BCUT2D eigenvalue weighted by Crippen LogP contribution is -2.73. The Morgan fingerprint density at radius 2 is 1.27 bits per heavy atom. The first-order chi connectivity index (χ1) is 27.2. The van der Waals surface area contributed by atoms with E-state index in [0.29, 0.717) is 5.41 Å². The molecule has 1 aromatic heterocycles. The topological polar surface area (TPSA) is 3.24 Å². The minimum Gasteiger partial charge on any atom is -0.309 e. The predicted octanol–water partition coefficient (Wildman–Crippen LogP) is 14.9. The highest BCUT2D eigenvalue weighted by molar-refractivity contribution is 7.26. The smallest absolute Gasteiger partial charge is 0.0640 e. The van der Waals surface area contributed by atoms with Crippen LogP contribution in [-0.4, -0.2) is 0 Å². The molecule has 2 spiro atoms. The van der Waals surface area contributed by atoms with Crippen LogP contribution in [0.15, 0.2) is 127 Å². The molecule has 6 aliphatic carbocycles. The molecule has 4 saturated carbocycles. The second-order valence-corrected chi connectivity index (χ2v) is 21.1. The molecule has 0 N–H and O–H groups in total. The van der Waals surface area contributed by atoms with E-state index in [-0.39, 0.29) is 16.2 Å². The number of hydrogen-bond donors (Lipinski definition) is 0. The van der Waals surface area contributed by atoms with E-state index in [0.717, 1.165) is 23.7 Å². The molecular weight excluding hydrogens is 695 g/mol. The molecule has 2 heteroatoms. The standard InChI is InChI=1S/C54H49NS/c1-51(2)24-25-52(3,4)45-30-37(21-23-43(45)51)55(46-14-9-12-41-40-11-6-8-15-47(40)56-50(41)46)36-19-16-33(17-20-36)34-18-22-39-38-10-5-7-13-42(38)54(44(39)28-34)48-27-32-26-35-29-49(54)53(35,48)31-32/h5-23,28,30,32,35,48-49H,24-27,29,31H2,1-4H3. The van der Waals surface area contributed by atoms with Crippen LogP contribution in [0.4, 0.5) is 17.1 Å². The lowest BCUT2D eigenvalue weighted by Gasteiger charge is -2.76. The molecule has 0 radical (unpaired) electrons. The van der Waals surface area contributed by atoms with E-state index < -0.39 is 0 Å². The van der Waals surface area contributed by atoms with E-state index in [9.17, 15) is 0 Å². The largest absolute Gasteiger partial charge is 0.309 e. The van der Waals surface area contributed by atoms with Gasteiger partial charge in [0.1, 0.15) is 0 Å². The van der Waals surface area contributed by atoms with Crippen LogP contribution in [0.1, 0.15) is 88.5 Å². The van der Waals surface area contributed by atoms with Crippen LogP contribution < -0.4 is 4.90 Å². The lowest BCUT2D eigenvalue weighted by molar-refractivity contribution is -0.231. The average Bonchev–Trinajstić information content (AvgIpc) is 3.95. The zero-order valence-electron chi connectivity index (χ0n) is 33.0. The number of rotatable bonds is 4. The number of nitrogens with zero attached hydrogens (tertiary/aromatic N) is 1. The van der Waals surface area contributed by atoms with Gasteiger partial charge in [0.15, 0.2) is 0 Å². The Morgan fingerprint density at radius 1 is 0.554 bits per heavy atom. The maximum atomic E-state index is 2.64. The lowest BCUT2D eigenvalue weighted by atomic mass is 9.27. The van der Waals surface area contributed by atoms with Gasteiger partial charge in [0.05, 0.1) is 10.4 Å². The van der Waals surface area contributed by atoms with Crippen molar-refractivity contribution in [3.63, 3.8) is 0 Å². The van der Waals surface area contributed by atoms with Crippen molar-refractivity contribution < 1.29 is 0 Å². The molecule has 6 atom stereocenters. The first-order valence-electron chi connectivity index (χ1n) is 21.4. The van der Waals surface area contributed by atoms with Crippen LogP contribution in [0, 0.1) is 29.1 Å². The number of hydrogen-bond acceptors (Lipinski definition) is 2. The van der Waals surface area contributed by atoms with Crippen molar-refractivity contribution >= 4 is 48.6 Å². The summed E-state index contributed by atoms with van der Waals surface area (Å²) in [5, 5.41) is 2.68. The number of thiophene rings is 1. The number of benzene rings is 6. The van der Waals surface area contributed by atoms with Crippen molar-refractivity contribution in [1.29, 1.82) is 0 Å². The van der Waals surface area contributed by atoms with Crippen molar-refractivity contribution in [2.24, 2.45) is 29.1 Å². The predicted molar refractivity (Wildman–Crippen MR) is 236 cm³/mol. The Kier molecular flexibility index (Phi) is 6.16. The average molecular weight is 744 g/mol. The summed E-state index contributed by atoms with van der Waals surface area (Å²) in [6.07, 6.45) is 8.34. The Balaban J connectivity index is 0.948. The van der Waals surface area contributed by atoms with Gasteiger partial charge in [0, 0.05) is 32.3 Å². The van der Waals surface area contributed by atoms with E-state index in [1.54, 1.807) is 11.1 Å². The van der Waals surface area contributed by atoms with Gasteiger partial charge >= 0.3 is 0 Å². The maximum absolute atomic E-state index is 2.64. The highest BCUT2D eigenvalue weighted by Gasteiger charge is 2.84. The highest BCUT2D eigenvalue weighted by Crippen LogP contribution is 2.89. The zero-order chi connectivity index (χ0) is 37.3. The van der Waals surface area contributed by atoms with Crippen LogP contribution in [0.2, 0.25) is 0 Å². The Morgan fingerprint density at radius 3 is 2.12 bits per heavy atom. The summed E-state index contributed by atoms with van der Waals surface area (Å²) in [7, 11) is 0. The molecule has 6 aliphatic rings. The molecule has 1 heterocycles. The Bertz CT molecular complexity index is 2820. The number of fused-ring (bicyclic) bond motifs is 12. The van der Waals surface area contributed by atoms with E-state index in [4.69, 9.17) is 0 Å². The van der Waals surface area contributed by atoms with Crippen molar-refractivity contribution in [3.05, 3.63) is 150 Å². The molecule has 7 aromatic rings. The first kappa shape index (κ1) is 32.4. The van der Waals surface area contributed by atoms with E-state index in [1.165, 1.54) is 109 Å². The summed E-state index contributed by atoms with van der Waals surface area (Å²) in [6.45, 7) is 9.75. The van der Waals surface area contributed by atoms with Crippen LogP contribution in [0.3, 0.4) is 0 Å². The monoisotopic (exact) mass is 743 g/mol. The van der Waals surface area contributed by atoms with E-state index in [1.807, 2.05) is 11.3 Å². The minimum atomic E-state index is 0.128. The summed E-state index contributed by atoms with van der Waals surface area (Å²) >= 11 is 1.92. The molecule has 0 aliphatic heterocycles. The SMILES string of the molecule is CC1(C)CCC(C)(C)c2cc(N(c3ccc(-c4ccc5c(c4)C4(c6ccccc6-5)C5CC6CC7CC4C75C6)cc3)c3cccc4c3sc3ccccc34)ccc21. The second kappa shape index (κ2) is 10.6. The summed E-state index contributed by atoms with van der Waals surface area (Å²) in [4.78, 5) is 2.55. The molecule has 13 rings (SSSR count). The summed E-state index contributed by atoms with van der Waals surface area (Å²) in [5.41, 5.74) is 16.9. The third kappa shape index (κ3) is 3.84. The van der Waals surface area contributed by atoms with Crippen LogP contribution in [0.5, 0.6) is 0 Å². The van der Waals surface area contributed by atoms with Gasteiger partial charge in [-0.25, -0.2) is 0 Å². The van der Waals surface area contributed by atoms with Gasteiger partial charge in [0.2, 0.25) is 0 Å². The van der Waals surface area contributed by atoms with Gasteiger partial charge in [0.25, 0.3) is 0 Å². The normalized spacial score (nSPS) is 29.1. The van der Waals surface area contributed by atoms with Gasteiger partial charge in [-0.05, 0) is 165 Å². The molecule has 0 amide bonds. The molecule has 0 saturated heterocycles. The minimum absolute atomic E-state index is 0.128. The van der Waals surface area contributed by atoms with Crippen molar-refractivity contribution in [2.45, 2.75) is 82.5 Å². The van der Waals surface area contributed by atoms with Crippen molar-refractivity contribution in [1.82, 2.24) is 0 Å². The fourth-order valence-electron chi connectivity index (χ4n) is 14.4. The van der Waals surface area contributed by atoms with Gasteiger partial charge in [-0.3, -0.25) is 0 Å². The van der Waals surface area contributed by atoms with Crippen molar-refractivity contribution in [2.75, 3.05) is 4.90 Å². The number of anilines is 3. The summed E-state index contributed by atoms with van der Waals surface area (Å²) < 4.78 is 2.69. The Hall–Kier alpha value is -4.66. The van der Waals surface area contributed by atoms with E-state index in [2.05, 4.69) is 160 Å². The summed E-state index contributed by atoms with van der Waals surface area (Å²) in [6, 6.07) is 49.8.